The van der Waals surface area contributed by atoms with Gasteiger partial charge >= 0.3 is 0 Å². The van der Waals surface area contributed by atoms with Gasteiger partial charge in [-0.15, -0.1) is 11.3 Å². The largest absolute Gasteiger partial charge is 0.340 e. The number of carbonyl (C=O) groups is 2. The first-order valence-electron chi connectivity index (χ1n) is 8.06. The number of nitrogens with one attached hydrogen (secondary N) is 1. The Bertz CT molecular complexity index is 833. The highest BCUT2D eigenvalue weighted by Gasteiger charge is 2.19. The van der Waals surface area contributed by atoms with Gasteiger partial charge in [0.25, 0.3) is 5.91 Å². The van der Waals surface area contributed by atoms with Crippen molar-refractivity contribution in [2.75, 3.05) is 18.0 Å². The Labute approximate surface area is 155 Å². The quantitative estimate of drug-likeness (QED) is 0.835. The molecule has 1 aromatic heterocycles. The second-order valence-electron chi connectivity index (χ2n) is 5.64. The van der Waals surface area contributed by atoms with Gasteiger partial charge in [-0.05, 0) is 49.2 Å². The molecule has 2 heterocycles. The van der Waals surface area contributed by atoms with Gasteiger partial charge in [0.1, 0.15) is 0 Å². The third kappa shape index (κ3) is 4.62. The molecule has 0 bridgehead atoms. The standard InChI is InChI=1S/C19H17ClN2O2S/c20-17-11-10-16(25-17)19(24)21-12-3-4-14-6-8-15(9-7-14)22-13-2-1-5-18(22)23/h6-11H,1-2,5,12-13H2,(H,21,24). The zero-order valence-electron chi connectivity index (χ0n) is 13.5. The van der Waals surface area contributed by atoms with Crippen LogP contribution in [-0.2, 0) is 4.79 Å². The zero-order valence-corrected chi connectivity index (χ0v) is 15.1. The summed E-state index contributed by atoms with van der Waals surface area (Å²) in [5.74, 6) is 5.94. The Kier molecular flexibility index (Phi) is 5.75. The molecule has 0 spiro atoms. The first-order chi connectivity index (χ1) is 12.1. The van der Waals surface area contributed by atoms with E-state index in [2.05, 4.69) is 17.2 Å². The van der Waals surface area contributed by atoms with Gasteiger partial charge in [0.2, 0.25) is 5.91 Å². The van der Waals surface area contributed by atoms with Crippen molar-refractivity contribution < 1.29 is 9.59 Å². The Morgan fingerprint density at radius 2 is 2.00 bits per heavy atom. The van der Waals surface area contributed by atoms with E-state index in [0.717, 1.165) is 30.6 Å². The molecule has 0 saturated carbocycles. The molecule has 0 unspecified atom stereocenters. The molecule has 4 nitrogen and oxygen atoms in total. The molecule has 0 radical (unpaired) electrons. The van der Waals surface area contributed by atoms with Gasteiger partial charge in [-0.2, -0.15) is 0 Å². The predicted octanol–water partition coefficient (Wildman–Crippen LogP) is 3.70. The van der Waals surface area contributed by atoms with E-state index in [1.165, 1.54) is 11.3 Å². The molecule has 1 fully saturated rings. The second-order valence-corrected chi connectivity index (χ2v) is 7.35. The fraction of sp³-hybridized carbons (Fsp3) is 0.263. The van der Waals surface area contributed by atoms with Gasteiger partial charge in [0, 0.05) is 24.2 Å². The van der Waals surface area contributed by atoms with Crippen molar-refractivity contribution in [2.24, 2.45) is 0 Å². The van der Waals surface area contributed by atoms with E-state index in [1.807, 2.05) is 29.2 Å². The van der Waals surface area contributed by atoms with E-state index in [0.29, 0.717) is 15.6 Å². The molecule has 25 heavy (non-hydrogen) atoms. The van der Waals surface area contributed by atoms with E-state index in [4.69, 9.17) is 11.6 Å². The van der Waals surface area contributed by atoms with E-state index in [9.17, 15) is 9.59 Å². The zero-order chi connectivity index (χ0) is 17.6. The molecule has 0 aliphatic carbocycles. The van der Waals surface area contributed by atoms with Crippen LogP contribution >= 0.6 is 22.9 Å². The lowest BCUT2D eigenvalue weighted by Gasteiger charge is -2.26. The highest BCUT2D eigenvalue weighted by Crippen LogP contribution is 2.21. The van der Waals surface area contributed by atoms with Crippen LogP contribution in [0.4, 0.5) is 5.69 Å². The average Bonchev–Trinajstić information content (AvgIpc) is 3.06. The number of rotatable bonds is 3. The number of hydrogen-bond donors (Lipinski definition) is 1. The smallest absolute Gasteiger partial charge is 0.262 e. The Hall–Kier alpha value is -2.29. The van der Waals surface area contributed by atoms with Gasteiger partial charge < -0.3 is 10.2 Å². The minimum atomic E-state index is -0.176. The third-order valence-corrected chi connectivity index (χ3v) is 5.10. The maximum atomic E-state index is 11.9. The van der Waals surface area contributed by atoms with E-state index < -0.39 is 0 Å². The first-order valence-corrected chi connectivity index (χ1v) is 9.26. The fourth-order valence-electron chi connectivity index (χ4n) is 2.60. The molecular formula is C19H17ClN2O2S. The van der Waals surface area contributed by atoms with Gasteiger partial charge in [0.15, 0.2) is 0 Å². The summed E-state index contributed by atoms with van der Waals surface area (Å²) in [6.45, 7) is 1.04. The van der Waals surface area contributed by atoms with E-state index in [1.54, 1.807) is 12.1 Å². The van der Waals surface area contributed by atoms with Crippen LogP contribution in [0.5, 0.6) is 0 Å². The number of nitrogens with zero attached hydrogens (tertiary/aromatic N) is 1. The molecule has 1 N–H and O–H groups in total. The molecule has 2 aromatic rings. The van der Waals surface area contributed by atoms with Crippen LogP contribution in [-0.4, -0.2) is 24.9 Å². The minimum absolute atomic E-state index is 0.176. The molecule has 1 aliphatic rings. The minimum Gasteiger partial charge on any atom is -0.340 e. The highest BCUT2D eigenvalue weighted by atomic mass is 35.5. The van der Waals surface area contributed by atoms with Crippen molar-refractivity contribution in [3.63, 3.8) is 0 Å². The SMILES string of the molecule is O=C(NCC#Cc1ccc(N2CCCCC2=O)cc1)c1ccc(Cl)s1. The van der Waals surface area contributed by atoms with Crippen molar-refractivity contribution in [3.05, 3.63) is 51.2 Å². The van der Waals surface area contributed by atoms with Crippen LogP contribution in [0.25, 0.3) is 0 Å². The molecule has 6 heteroatoms. The number of hydrogen-bond acceptors (Lipinski definition) is 3. The second kappa shape index (κ2) is 8.19. The van der Waals surface area contributed by atoms with Crippen LogP contribution in [0.15, 0.2) is 36.4 Å². The lowest BCUT2D eigenvalue weighted by molar-refractivity contribution is -0.119. The predicted molar refractivity (Wildman–Crippen MR) is 101 cm³/mol. The summed E-state index contributed by atoms with van der Waals surface area (Å²) in [5.41, 5.74) is 1.76. The maximum Gasteiger partial charge on any atom is 0.262 e. The average molecular weight is 373 g/mol. The number of benzene rings is 1. The molecule has 2 amide bonds. The van der Waals surface area contributed by atoms with Crippen molar-refractivity contribution in [2.45, 2.75) is 19.3 Å². The van der Waals surface area contributed by atoms with Gasteiger partial charge in [0.05, 0.1) is 15.8 Å². The van der Waals surface area contributed by atoms with Gasteiger partial charge in [-0.1, -0.05) is 23.4 Å². The van der Waals surface area contributed by atoms with Crippen LogP contribution in [0.3, 0.4) is 0 Å². The first kappa shape index (κ1) is 17.5. The Morgan fingerprint density at radius 3 is 2.68 bits per heavy atom. The summed E-state index contributed by atoms with van der Waals surface area (Å²) < 4.78 is 0.587. The summed E-state index contributed by atoms with van der Waals surface area (Å²) in [6, 6.07) is 11.0. The lowest BCUT2D eigenvalue weighted by atomic mass is 10.1. The van der Waals surface area contributed by atoms with Crippen molar-refractivity contribution in [1.29, 1.82) is 0 Å². The Morgan fingerprint density at radius 1 is 1.20 bits per heavy atom. The van der Waals surface area contributed by atoms with Crippen LogP contribution in [0, 0.1) is 11.8 Å². The normalized spacial score (nSPS) is 14.0. The summed E-state index contributed by atoms with van der Waals surface area (Å²) in [4.78, 5) is 26.2. The van der Waals surface area contributed by atoms with Gasteiger partial charge in [-0.25, -0.2) is 0 Å². The molecule has 1 aromatic carbocycles. The molecule has 1 aliphatic heterocycles. The number of thiophene rings is 1. The topological polar surface area (TPSA) is 49.4 Å². The monoisotopic (exact) mass is 372 g/mol. The fourth-order valence-corrected chi connectivity index (χ4v) is 3.56. The van der Waals surface area contributed by atoms with Crippen molar-refractivity contribution in [1.82, 2.24) is 5.32 Å². The summed E-state index contributed by atoms with van der Waals surface area (Å²) >= 11 is 7.05. The number of anilines is 1. The van der Waals surface area contributed by atoms with E-state index >= 15 is 0 Å². The number of amides is 2. The summed E-state index contributed by atoms with van der Waals surface area (Å²) in [5, 5.41) is 2.74. The summed E-state index contributed by atoms with van der Waals surface area (Å²) in [6.07, 6.45) is 2.64. The van der Waals surface area contributed by atoms with Gasteiger partial charge in [-0.3, -0.25) is 9.59 Å². The van der Waals surface area contributed by atoms with Crippen LogP contribution < -0.4 is 10.2 Å². The molecular weight excluding hydrogens is 356 g/mol. The number of carbonyl (C=O) groups excluding carboxylic acids is 2. The van der Waals surface area contributed by atoms with Crippen LogP contribution in [0.1, 0.15) is 34.5 Å². The van der Waals surface area contributed by atoms with E-state index in [-0.39, 0.29) is 18.4 Å². The maximum absolute atomic E-state index is 11.9. The van der Waals surface area contributed by atoms with Crippen LogP contribution in [0.2, 0.25) is 4.34 Å². The van der Waals surface area contributed by atoms with Crippen molar-refractivity contribution in [3.8, 4) is 11.8 Å². The lowest BCUT2D eigenvalue weighted by Crippen LogP contribution is -2.35. The third-order valence-electron chi connectivity index (χ3n) is 3.87. The number of halogens is 1. The molecule has 0 atom stereocenters. The molecule has 1 saturated heterocycles. The Balaban J connectivity index is 1.54. The molecule has 3 rings (SSSR count). The highest BCUT2D eigenvalue weighted by molar-refractivity contribution is 7.17. The number of piperidine rings is 1. The summed E-state index contributed by atoms with van der Waals surface area (Å²) in [7, 11) is 0. The molecule has 128 valence electrons. The van der Waals surface area contributed by atoms with Crippen molar-refractivity contribution >= 4 is 40.4 Å².